The van der Waals surface area contributed by atoms with Crippen molar-refractivity contribution in [3.05, 3.63) is 0 Å². The summed E-state index contributed by atoms with van der Waals surface area (Å²) < 4.78 is 11.1. The number of β-amino-alcohol motifs (C(OH)–C–C–N with tert-alkyl or cyclic N) is 1. The number of aliphatic hydroxyl groups excluding tert-OH is 1. The molecule has 0 aromatic rings. The molecule has 0 saturated carbocycles. The van der Waals surface area contributed by atoms with E-state index in [2.05, 4.69) is 5.32 Å². The molecule has 2 saturated heterocycles. The van der Waals surface area contributed by atoms with Gasteiger partial charge in [0.25, 0.3) is 0 Å². The molecule has 0 aromatic carbocycles. The summed E-state index contributed by atoms with van der Waals surface area (Å²) in [7, 11) is 0. The van der Waals surface area contributed by atoms with E-state index >= 15 is 0 Å². The van der Waals surface area contributed by atoms with Crippen LogP contribution in [0.15, 0.2) is 0 Å². The van der Waals surface area contributed by atoms with E-state index in [-0.39, 0.29) is 30.3 Å². The Morgan fingerprint density at radius 2 is 1.94 bits per heavy atom. The molecule has 5 heteroatoms. The monoisotopic (exact) mass is 243 g/mol. The van der Waals surface area contributed by atoms with Crippen molar-refractivity contribution in [3.63, 3.8) is 0 Å². The van der Waals surface area contributed by atoms with E-state index in [1.54, 1.807) is 0 Å². The van der Waals surface area contributed by atoms with Gasteiger partial charge in [0.1, 0.15) is 12.1 Å². The van der Waals surface area contributed by atoms with Gasteiger partial charge >= 0.3 is 5.97 Å². The SMILES string of the molecule is CC1CC(OC(=O)[C@@H]2C[C@H](O)CN2)CC(C)O1. The number of aliphatic hydroxyl groups is 1. The lowest BCUT2D eigenvalue weighted by Crippen LogP contribution is -2.40. The molecule has 2 rings (SSSR count). The van der Waals surface area contributed by atoms with E-state index in [9.17, 15) is 9.90 Å². The van der Waals surface area contributed by atoms with Crippen LogP contribution < -0.4 is 5.32 Å². The van der Waals surface area contributed by atoms with Crippen molar-refractivity contribution in [1.29, 1.82) is 0 Å². The van der Waals surface area contributed by atoms with Crippen LogP contribution >= 0.6 is 0 Å². The molecule has 0 bridgehead atoms. The lowest BCUT2D eigenvalue weighted by atomic mass is 10.0. The van der Waals surface area contributed by atoms with E-state index in [4.69, 9.17) is 9.47 Å². The minimum Gasteiger partial charge on any atom is -0.461 e. The highest BCUT2D eigenvalue weighted by atomic mass is 16.6. The Morgan fingerprint density at radius 3 is 2.47 bits per heavy atom. The van der Waals surface area contributed by atoms with Gasteiger partial charge in [-0.2, -0.15) is 0 Å². The van der Waals surface area contributed by atoms with Crippen LogP contribution in [0.3, 0.4) is 0 Å². The summed E-state index contributed by atoms with van der Waals surface area (Å²) in [6.45, 7) is 4.46. The van der Waals surface area contributed by atoms with Crippen molar-refractivity contribution < 1.29 is 19.4 Å². The van der Waals surface area contributed by atoms with Crippen molar-refractivity contribution in [1.82, 2.24) is 5.32 Å². The first-order valence-electron chi connectivity index (χ1n) is 6.32. The van der Waals surface area contributed by atoms with E-state index in [1.807, 2.05) is 13.8 Å². The first-order valence-corrected chi connectivity index (χ1v) is 6.32. The van der Waals surface area contributed by atoms with Gasteiger partial charge in [0.2, 0.25) is 0 Å². The second-order valence-corrected chi connectivity index (χ2v) is 5.14. The van der Waals surface area contributed by atoms with Gasteiger partial charge in [0.05, 0.1) is 18.3 Å². The average molecular weight is 243 g/mol. The first-order chi connectivity index (χ1) is 8.04. The quantitative estimate of drug-likeness (QED) is 0.679. The largest absolute Gasteiger partial charge is 0.461 e. The normalized spacial score (nSPS) is 42.4. The summed E-state index contributed by atoms with van der Waals surface area (Å²) in [5.74, 6) is -0.243. The Balaban J connectivity index is 1.81. The zero-order valence-electron chi connectivity index (χ0n) is 10.4. The Labute approximate surface area is 101 Å². The van der Waals surface area contributed by atoms with Crippen LogP contribution in [0, 0.1) is 0 Å². The Kier molecular flexibility index (Phi) is 4.01. The van der Waals surface area contributed by atoms with Gasteiger partial charge in [0.15, 0.2) is 0 Å². The van der Waals surface area contributed by atoms with Gasteiger partial charge in [-0.1, -0.05) is 0 Å². The Morgan fingerprint density at radius 1 is 1.29 bits per heavy atom. The van der Waals surface area contributed by atoms with E-state index in [0.717, 1.165) is 12.8 Å². The number of carbonyl (C=O) groups is 1. The molecule has 0 aliphatic carbocycles. The maximum atomic E-state index is 11.8. The number of hydrogen-bond acceptors (Lipinski definition) is 5. The number of rotatable bonds is 2. The number of esters is 1. The third-order valence-electron chi connectivity index (χ3n) is 3.33. The summed E-state index contributed by atoms with van der Waals surface area (Å²) in [6.07, 6.45) is 1.75. The van der Waals surface area contributed by atoms with E-state index in [1.165, 1.54) is 0 Å². The van der Waals surface area contributed by atoms with Gasteiger partial charge in [-0.3, -0.25) is 4.79 Å². The van der Waals surface area contributed by atoms with Crippen molar-refractivity contribution in [2.45, 2.75) is 63.6 Å². The van der Waals surface area contributed by atoms with Crippen LogP contribution in [0.4, 0.5) is 0 Å². The minimum absolute atomic E-state index is 0.0548. The molecule has 4 atom stereocenters. The molecule has 2 heterocycles. The molecule has 2 N–H and O–H groups in total. The van der Waals surface area contributed by atoms with Gasteiger partial charge in [0, 0.05) is 25.8 Å². The van der Waals surface area contributed by atoms with E-state index in [0.29, 0.717) is 13.0 Å². The fourth-order valence-electron chi connectivity index (χ4n) is 2.58. The third kappa shape index (κ3) is 3.40. The molecular formula is C12H21NO4. The molecule has 2 aliphatic heterocycles. The summed E-state index contributed by atoms with van der Waals surface area (Å²) >= 11 is 0. The maximum Gasteiger partial charge on any atom is 0.323 e. The summed E-state index contributed by atoms with van der Waals surface area (Å²) in [4.78, 5) is 11.8. The van der Waals surface area contributed by atoms with Gasteiger partial charge < -0.3 is 19.9 Å². The average Bonchev–Trinajstić information content (AvgIpc) is 2.63. The Hall–Kier alpha value is -0.650. The number of nitrogens with one attached hydrogen (secondary N) is 1. The lowest BCUT2D eigenvalue weighted by Gasteiger charge is -2.32. The summed E-state index contributed by atoms with van der Waals surface area (Å²) in [5.41, 5.74) is 0. The highest BCUT2D eigenvalue weighted by Gasteiger charge is 2.33. The van der Waals surface area contributed by atoms with E-state index < -0.39 is 6.10 Å². The third-order valence-corrected chi connectivity index (χ3v) is 3.33. The molecule has 17 heavy (non-hydrogen) atoms. The van der Waals surface area contributed by atoms with Gasteiger partial charge in [-0.05, 0) is 13.8 Å². The number of carbonyl (C=O) groups excluding carboxylic acids is 1. The second-order valence-electron chi connectivity index (χ2n) is 5.14. The maximum absolute atomic E-state index is 11.8. The van der Waals surface area contributed by atoms with Crippen LogP contribution in [-0.2, 0) is 14.3 Å². The van der Waals surface area contributed by atoms with Crippen LogP contribution in [0.5, 0.6) is 0 Å². The molecule has 0 aromatic heterocycles. The van der Waals surface area contributed by atoms with Crippen LogP contribution in [0.1, 0.15) is 33.1 Å². The summed E-state index contributed by atoms with van der Waals surface area (Å²) in [6, 6.07) is -0.349. The number of hydrogen-bond donors (Lipinski definition) is 2. The molecule has 0 spiro atoms. The molecule has 0 amide bonds. The Bertz CT molecular complexity index is 274. The fourth-order valence-corrected chi connectivity index (χ4v) is 2.58. The molecule has 98 valence electrons. The van der Waals surface area contributed by atoms with Crippen molar-refractivity contribution >= 4 is 5.97 Å². The standard InChI is InChI=1S/C12H21NO4/c1-7-3-10(4-8(2)16-7)17-12(15)11-5-9(14)6-13-11/h7-11,13-14H,3-6H2,1-2H3/t7?,8?,9-,10?,11-/m0/s1. The van der Waals surface area contributed by atoms with Crippen molar-refractivity contribution in [2.24, 2.45) is 0 Å². The molecule has 2 fully saturated rings. The molecule has 5 nitrogen and oxygen atoms in total. The molecular weight excluding hydrogens is 222 g/mol. The first kappa shape index (κ1) is 12.8. The predicted octanol–water partition coefficient (Wildman–Crippen LogP) is 0.208. The predicted molar refractivity (Wildman–Crippen MR) is 61.5 cm³/mol. The van der Waals surface area contributed by atoms with Crippen LogP contribution in [-0.4, -0.2) is 48.1 Å². The smallest absolute Gasteiger partial charge is 0.323 e. The second kappa shape index (κ2) is 5.33. The van der Waals surface area contributed by atoms with Gasteiger partial charge in [-0.25, -0.2) is 0 Å². The van der Waals surface area contributed by atoms with Crippen LogP contribution in [0.2, 0.25) is 0 Å². The molecule has 2 unspecified atom stereocenters. The molecule has 2 aliphatic rings. The van der Waals surface area contributed by atoms with Crippen LogP contribution in [0.25, 0.3) is 0 Å². The molecule has 0 radical (unpaired) electrons. The highest BCUT2D eigenvalue weighted by molar-refractivity contribution is 5.76. The van der Waals surface area contributed by atoms with Gasteiger partial charge in [-0.15, -0.1) is 0 Å². The summed E-state index contributed by atoms with van der Waals surface area (Å²) in [5, 5.41) is 12.3. The topological polar surface area (TPSA) is 67.8 Å². The fraction of sp³-hybridized carbons (Fsp3) is 0.917. The zero-order chi connectivity index (χ0) is 12.4. The minimum atomic E-state index is -0.430. The number of ether oxygens (including phenoxy) is 2. The highest BCUT2D eigenvalue weighted by Crippen LogP contribution is 2.22. The zero-order valence-corrected chi connectivity index (χ0v) is 10.4. The van der Waals surface area contributed by atoms with Crippen molar-refractivity contribution in [2.75, 3.05) is 6.54 Å². The van der Waals surface area contributed by atoms with Crippen molar-refractivity contribution in [3.8, 4) is 0 Å². The lowest BCUT2D eigenvalue weighted by molar-refractivity contribution is -0.161.